The average molecular weight is 221 g/mol. The molecule has 0 saturated carbocycles. The number of aromatic nitrogens is 2. The predicted molar refractivity (Wildman–Crippen MR) is 57.0 cm³/mol. The molecule has 0 aliphatic rings. The molecule has 1 unspecified atom stereocenters. The van der Waals surface area contributed by atoms with Crippen LogP contribution in [0.5, 0.6) is 0 Å². The minimum atomic E-state index is -0.326. The molecule has 1 aromatic heterocycles. The van der Waals surface area contributed by atoms with E-state index < -0.39 is 0 Å². The van der Waals surface area contributed by atoms with Crippen molar-refractivity contribution in [1.82, 2.24) is 10.1 Å². The van der Waals surface area contributed by atoms with E-state index in [1.54, 1.807) is 13.0 Å². The number of benzene rings is 1. The van der Waals surface area contributed by atoms with E-state index in [9.17, 15) is 4.39 Å². The van der Waals surface area contributed by atoms with Crippen LogP contribution in [0.3, 0.4) is 0 Å². The van der Waals surface area contributed by atoms with E-state index >= 15 is 0 Å². The van der Waals surface area contributed by atoms with Gasteiger partial charge in [0.25, 0.3) is 0 Å². The maximum atomic E-state index is 13.1. The summed E-state index contributed by atoms with van der Waals surface area (Å²) >= 11 is 0. The van der Waals surface area contributed by atoms with Gasteiger partial charge in [-0.2, -0.15) is 4.98 Å². The largest absolute Gasteiger partial charge is 0.337 e. The second-order valence-corrected chi connectivity index (χ2v) is 3.70. The SMILES string of the molecule is Cc1ccc(F)cc1-c1noc(C(C)N)n1. The number of aryl methyl sites for hydroxylation is 1. The van der Waals surface area contributed by atoms with Gasteiger partial charge in [0, 0.05) is 5.56 Å². The second-order valence-electron chi connectivity index (χ2n) is 3.70. The van der Waals surface area contributed by atoms with Crippen molar-refractivity contribution >= 4 is 0 Å². The lowest BCUT2D eigenvalue weighted by atomic mass is 10.1. The molecule has 0 fully saturated rings. The van der Waals surface area contributed by atoms with Crippen LogP contribution in [0.1, 0.15) is 24.4 Å². The number of hydrogen-bond donors (Lipinski definition) is 1. The molecule has 2 N–H and O–H groups in total. The van der Waals surface area contributed by atoms with Crippen LogP contribution >= 0.6 is 0 Å². The molecule has 0 saturated heterocycles. The van der Waals surface area contributed by atoms with Crippen LogP contribution in [0.2, 0.25) is 0 Å². The Hall–Kier alpha value is -1.75. The molecule has 4 nitrogen and oxygen atoms in total. The van der Waals surface area contributed by atoms with Crippen molar-refractivity contribution in [3.63, 3.8) is 0 Å². The van der Waals surface area contributed by atoms with E-state index in [2.05, 4.69) is 10.1 Å². The molecule has 1 aromatic carbocycles. The van der Waals surface area contributed by atoms with E-state index in [1.807, 2.05) is 6.92 Å². The Bertz CT molecular complexity index is 508. The summed E-state index contributed by atoms with van der Waals surface area (Å²) in [5.41, 5.74) is 7.11. The molecule has 0 amide bonds. The first-order chi connectivity index (χ1) is 7.58. The fraction of sp³-hybridized carbons (Fsp3) is 0.273. The lowest BCUT2D eigenvalue weighted by molar-refractivity contribution is 0.362. The predicted octanol–water partition coefficient (Wildman–Crippen LogP) is 2.20. The van der Waals surface area contributed by atoms with Crippen LogP contribution in [-0.4, -0.2) is 10.1 Å². The molecule has 0 aliphatic carbocycles. The zero-order chi connectivity index (χ0) is 11.7. The Morgan fingerprint density at radius 3 is 2.81 bits per heavy atom. The van der Waals surface area contributed by atoms with Crippen LogP contribution in [0.15, 0.2) is 22.7 Å². The van der Waals surface area contributed by atoms with E-state index in [-0.39, 0.29) is 11.9 Å². The van der Waals surface area contributed by atoms with Crippen LogP contribution in [0.25, 0.3) is 11.4 Å². The molecule has 16 heavy (non-hydrogen) atoms. The van der Waals surface area contributed by atoms with Gasteiger partial charge in [0.1, 0.15) is 5.82 Å². The highest BCUT2D eigenvalue weighted by atomic mass is 19.1. The minimum Gasteiger partial charge on any atom is -0.337 e. The summed E-state index contributed by atoms with van der Waals surface area (Å²) in [6.07, 6.45) is 0. The van der Waals surface area contributed by atoms with Crippen LogP contribution in [0.4, 0.5) is 4.39 Å². The molecule has 2 rings (SSSR count). The highest BCUT2D eigenvalue weighted by molar-refractivity contribution is 5.59. The second kappa shape index (κ2) is 4.02. The molecule has 0 spiro atoms. The topological polar surface area (TPSA) is 64.9 Å². The number of halogens is 1. The third-order valence-electron chi connectivity index (χ3n) is 2.27. The van der Waals surface area contributed by atoms with E-state index in [0.29, 0.717) is 17.3 Å². The van der Waals surface area contributed by atoms with Gasteiger partial charge in [-0.25, -0.2) is 4.39 Å². The molecular weight excluding hydrogens is 209 g/mol. The number of rotatable bonds is 2. The molecule has 0 radical (unpaired) electrons. The summed E-state index contributed by atoms with van der Waals surface area (Å²) in [6, 6.07) is 4.12. The van der Waals surface area contributed by atoms with Crippen molar-refractivity contribution in [1.29, 1.82) is 0 Å². The van der Waals surface area contributed by atoms with Crippen molar-refractivity contribution in [2.75, 3.05) is 0 Å². The Kier molecular flexibility index (Phi) is 2.70. The summed E-state index contributed by atoms with van der Waals surface area (Å²) < 4.78 is 18.1. The molecule has 1 atom stereocenters. The monoisotopic (exact) mass is 221 g/mol. The highest BCUT2D eigenvalue weighted by Gasteiger charge is 2.13. The summed E-state index contributed by atoms with van der Waals surface area (Å²) in [4.78, 5) is 4.11. The van der Waals surface area contributed by atoms with Crippen molar-refractivity contribution in [3.05, 3.63) is 35.5 Å². The van der Waals surface area contributed by atoms with Crippen molar-refractivity contribution in [2.45, 2.75) is 19.9 Å². The maximum absolute atomic E-state index is 13.1. The zero-order valence-corrected chi connectivity index (χ0v) is 9.07. The smallest absolute Gasteiger partial charge is 0.243 e. The van der Waals surface area contributed by atoms with Gasteiger partial charge >= 0.3 is 0 Å². The van der Waals surface area contributed by atoms with Gasteiger partial charge in [-0.05, 0) is 31.5 Å². The van der Waals surface area contributed by atoms with Gasteiger partial charge in [-0.15, -0.1) is 0 Å². The molecule has 84 valence electrons. The lowest BCUT2D eigenvalue weighted by Crippen LogP contribution is -2.04. The van der Waals surface area contributed by atoms with Gasteiger partial charge in [0.15, 0.2) is 0 Å². The molecular formula is C11H12FN3O. The third kappa shape index (κ3) is 1.94. The normalized spacial score (nSPS) is 12.8. The van der Waals surface area contributed by atoms with Crippen LogP contribution in [-0.2, 0) is 0 Å². The van der Waals surface area contributed by atoms with Crippen LogP contribution in [0, 0.1) is 12.7 Å². The Morgan fingerprint density at radius 1 is 1.44 bits per heavy atom. The minimum absolute atomic E-state index is 0.324. The summed E-state index contributed by atoms with van der Waals surface area (Å²) in [6.45, 7) is 3.60. The first-order valence-corrected chi connectivity index (χ1v) is 4.93. The molecule has 1 heterocycles. The molecule has 0 aliphatic heterocycles. The third-order valence-corrected chi connectivity index (χ3v) is 2.27. The Morgan fingerprint density at radius 2 is 2.19 bits per heavy atom. The van der Waals surface area contributed by atoms with Gasteiger partial charge in [-0.3, -0.25) is 0 Å². The van der Waals surface area contributed by atoms with Gasteiger partial charge < -0.3 is 10.3 Å². The van der Waals surface area contributed by atoms with Crippen molar-refractivity contribution in [3.8, 4) is 11.4 Å². The van der Waals surface area contributed by atoms with Crippen LogP contribution < -0.4 is 5.73 Å². The standard InChI is InChI=1S/C11H12FN3O/c1-6-3-4-8(12)5-9(6)10-14-11(7(2)13)16-15-10/h3-5,7H,13H2,1-2H3. The molecule has 2 aromatic rings. The quantitative estimate of drug-likeness (QED) is 0.844. The highest BCUT2D eigenvalue weighted by Crippen LogP contribution is 2.22. The first-order valence-electron chi connectivity index (χ1n) is 4.93. The first kappa shape index (κ1) is 10.8. The maximum Gasteiger partial charge on any atom is 0.243 e. The summed E-state index contributed by atoms with van der Waals surface area (Å²) in [7, 11) is 0. The van der Waals surface area contributed by atoms with E-state index in [1.165, 1.54) is 12.1 Å². The lowest BCUT2D eigenvalue weighted by Gasteiger charge is -1.99. The number of nitrogens with two attached hydrogens (primary N) is 1. The number of hydrogen-bond acceptors (Lipinski definition) is 4. The zero-order valence-electron chi connectivity index (χ0n) is 9.07. The number of nitrogens with zero attached hydrogens (tertiary/aromatic N) is 2. The fourth-order valence-electron chi connectivity index (χ4n) is 1.36. The van der Waals surface area contributed by atoms with Gasteiger partial charge in [0.2, 0.25) is 11.7 Å². The summed E-state index contributed by atoms with van der Waals surface area (Å²) in [5.74, 6) is 0.385. The molecule has 0 bridgehead atoms. The van der Waals surface area contributed by atoms with Crippen molar-refractivity contribution < 1.29 is 8.91 Å². The Labute approximate surface area is 92.3 Å². The fourth-order valence-corrected chi connectivity index (χ4v) is 1.36. The van der Waals surface area contributed by atoms with E-state index in [0.717, 1.165) is 5.56 Å². The average Bonchev–Trinajstić information content (AvgIpc) is 2.70. The van der Waals surface area contributed by atoms with E-state index in [4.69, 9.17) is 10.3 Å². The Balaban J connectivity index is 2.46. The van der Waals surface area contributed by atoms with Crippen molar-refractivity contribution in [2.24, 2.45) is 5.73 Å². The van der Waals surface area contributed by atoms with Gasteiger partial charge in [0.05, 0.1) is 6.04 Å². The van der Waals surface area contributed by atoms with Gasteiger partial charge in [-0.1, -0.05) is 11.2 Å². The summed E-state index contributed by atoms with van der Waals surface area (Å²) in [5, 5.41) is 3.78. The molecule has 5 heteroatoms.